The zero-order chi connectivity index (χ0) is 14.0. The monoisotopic (exact) mass is 286 g/mol. The number of hydrogen-bond acceptors (Lipinski definition) is 3. The number of nitrogens with one attached hydrogen (secondary N) is 1. The lowest BCUT2D eigenvalue weighted by molar-refractivity contribution is 0.400. The van der Waals surface area contributed by atoms with Crippen molar-refractivity contribution in [2.75, 3.05) is 20.1 Å². The first-order chi connectivity index (χ1) is 8.85. The van der Waals surface area contributed by atoms with Gasteiger partial charge < -0.3 is 4.90 Å². The van der Waals surface area contributed by atoms with Gasteiger partial charge >= 0.3 is 0 Å². The van der Waals surface area contributed by atoms with Gasteiger partial charge in [0.15, 0.2) is 0 Å². The number of likely N-dealkylation sites (tertiary alicyclic amines) is 1. The van der Waals surface area contributed by atoms with Crippen LogP contribution < -0.4 is 4.72 Å². The first-order valence-electron chi connectivity index (χ1n) is 6.29. The van der Waals surface area contributed by atoms with Crippen LogP contribution in [0.5, 0.6) is 0 Å². The molecule has 1 aromatic rings. The average Bonchev–Trinajstić information content (AvgIpc) is 2.59. The fourth-order valence-corrected chi connectivity index (χ4v) is 3.92. The summed E-state index contributed by atoms with van der Waals surface area (Å²) in [6.07, 6.45) is 0. The van der Waals surface area contributed by atoms with Crippen molar-refractivity contribution in [2.24, 2.45) is 5.92 Å². The Kier molecular flexibility index (Phi) is 4.23. The van der Waals surface area contributed by atoms with E-state index in [1.54, 1.807) is 0 Å². The maximum atomic E-state index is 12.8. The summed E-state index contributed by atoms with van der Waals surface area (Å²) in [5, 5.41) is 0. The molecule has 1 heterocycles. The summed E-state index contributed by atoms with van der Waals surface area (Å²) in [7, 11) is -1.41. The minimum absolute atomic E-state index is 0.0459. The molecule has 6 heteroatoms. The fraction of sp³-hybridized carbons (Fsp3) is 0.538. The van der Waals surface area contributed by atoms with Gasteiger partial charge in [0, 0.05) is 19.1 Å². The zero-order valence-corrected chi connectivity index (χ0v) is 12.0. The van der Waals surface area contributed by atoms with Crippen LogP contribution in [0.25, 0.3) is 0 Å². The number of halogens is 1. The summed E-state index contributed by atoms with van der Waals surface area (Å²) in [5.41, 5.74) is 0.591. The molecule has 1 aromatic carbocycles. The van der Waals surface area contributed by atoms with Crippen molar-refractivity contribution < 1.29 is 12.8 Å². The molecule has 2 atom stereocenters. The van der Waals surface area contributed by atoms with E-state index in [2.05, 4.69) is 9.62 Å². The van der Waals surface area contributed by atoms with E-state index in [-0.39, 0.29) is 17.6 Å². The maximum absolute atomic E-state index is 12.8. The Bertz CT molecular complexity index is 530. The molecule has 2 rings (SSSR count). The maximum Gasteiger partial charge on any atom is 0.216 e. The molecule has 1 N–H and O–H groups in total. The van der Waals surface area contributed by atoms with E-state index < -0.39 is 10.0 Å². The molecule has 0 saturated carbocycles. The number of rotatable bonds is 4. The molecule has 4 nitrogen and oxygen atoms in total. The second kappa shape index (κ2) is 5.56. The lowest BCUT2D eigenvalue weighted by Gasteiger charge is -2.16. The normalized spacial score (nSPS) is 24.8. The van der Waals surface area contributed by atoms with E-state index in [0.29, 0.717) is 11.5 Å². The smallest absolute Gasteiger partial charge is 0.216 e. The highest BCUT2D eigenvalue weighted by atomic mass is 32.2. The molecule has 0 bridgehead atoms. The molecular formula is C13H19FN2O2S. The highest BCUT2D eigenvalue weighted by molar-refractivity contribution is 7.88. The van der Waals surface area contributed by atoms with Gasteiger partial charge in [-0.05, 0) is 30.7 Å². The van der Waals surface area contributed by atoms with E-state index in [4.69, 9.17) is 0 Å². The Hall–Kier alpha value is -0.980. The summed E-state index contributed by atoms with van der Waals surface area (Å²) >= 11 is 0. The molecule has 0 amide bonds. The predicted octanol–water partition coefficient (Wildman–Crippen LogP) is 1.20. The molecule has 19 heavy (non-hydrogen) atoms. The Morgan fingerprint density at radius 3 is 2.47 bits per heavy atom. The number of likely N-dealkylation sites (N-methyl/N-ethyl adjacent to an activating group) is 1. The van der Waals surface area contributed by atoms with Crippen molar-refractivity contribution in [3.63, 3.8) is 0 Å². The van der Waals surface area contributed by atoms with Crippen molar-refractivity contribution in [1.29, 1.82) is 0 Å². The lowest BCUT2D eigenvalue weighted by Crippen LogP contribution is -2.40. The number of nitrogens with zero attached hydrogens (tertiary/aromatic N) is 1. The Balaban J connectivity index is 2.01. The van der Waals surface area contributed by atoms with Gasteiger partial charge in [0.05, 0.1) is 5.75 Å². The molecule has 1 aliphatic heterocycles. The predicted molar refractivity (Wildman–Crippen MR) is 72.6 cm³/mol. The third kappa shape index (κ3) is 3.99. The molecule has 1 saturated heterocycles. The van der Waals surface area contributed by atoms with E-state index in [9.17, 15) is 12.8 Å². The molecule has 1 aliphatic rings. The number of hydrogen-bond donors (Lipinski definition) is 1. The van der Waals surface area contributed by atoms with Gasteiger partial charge in [-0.15, -0.1) is 0 Å². The van der Waals surface area contributed by atoms with Crippen LogP contribution in [0.4, 0.5) is 4.39 Å². The van der Waals surface area contributed by atoms with Crippen LogP contribution in [0.2, 0.25) is 0 Å². The highest BCUT2D eigenvalue weighted by Crippen LogP contribution is 2.16. The Morgan fingerprint density at radius 1 is 1.32 bits per heavy atom. The van der Waals surface area contributed by atoms with Crippen molar-refractivity contribution in [2.45, 2.75) is 18.7 Å². The summed E-state index contributed by atoms with van der Waals surface area (Å²) in [5.74, 6) is -0.173. The minimum Gasteiger partial charge on any atom is -0.304 e. The number of benzene rings is 1. The van der Waals surface area contributed by atoms with Gasteiger partial charge in [0.25, 0.3) is 0 Å². The average molecular weight is 286 g/mol. The minimum atomic E-state index is -3.39. The van der Waals surface area contributed by atoms with Gasteiger partial charge in [-0.2, -0.15) is 0 Å². The van der Waals surface area contributed by atoms with Crippen LogP contribution in [0.1, 0.15) is 12.5 Å². The van der Waals surface area contributed by atoms with Crippen LogP contribution in [-0.4, -0.2) is 39.5 Å². The lowest BCUT2D eigenvalue weighted by atomic mass is 10.1. The van der Waals surface area contributed by atoms with Gasteiger partial charge in [-0.1, -0.05) is 19.1 Å². The topological polar surface area (TPSA) is 49.4 Å². The standard InChI is InChI=1S/C13H19FN2O2S/c1-10-7-16(2)8-13(10)15-19(17,18)9-11-3-5-12(14)6-4-11/h3-6,10,13,15H,7-9H2,1-2H3. The molecule has 0 aromatic heterocycles. The van der Waals surface area contributed by atoms with Crippen molar-refractivity contribution >= 4 is 10.0 Å². The van der Waals surface area contributed by atoms with Crippen molar-refractivity contribution in [3.8, 4) is 0 Å². The Labute approximate surface area is 113 Å². The summed E-state index contributed by atoms with van der Waals surface area (Å²) in [6, 6.07) is 5.50. The van der Waals surface area contributed by atoms with Gasteiger partial charge in [-0.3, -0.25) is 0 Å². The molecule has 106 valence electrons. The number of sulfonamides is 1. The van der Waals surface area contributed by atoms with Crippen LogP contribution in [0.15, 0.2) is 24.3 Å². The first kappa shape index (κ1) is 14.4. The quantitative estimate of drug-likeness (QED) is 0.904. The largest absolute Gasteiger partial charge is 0.304 e. The van der Waals surface area contributed by atoms with Crippen LogP contribution in [-0.2, 0) is 15.8 Å². The molecule has 1 fully saturated rings. The molecule has 0 radical (unpaired) electrons. The second-order valence-corrected chi connectivity index (χ2v) is 7.06. The van der Waals surface area contributed by atoms with Gasteiger partial charge in [0.1, 0.15) is 5.82 Å². The molecule has 2 unspecified atom stereocenters. The fourth-order valence-electron chi connectivity index (χ4n) is 2.43. The summed E-state index contributed by atoms with van der Waals surface area (Å²) in [4.78, 5) is 2.11. The van der Waals surface area contributed by atoms with E-state index in [0.717, 1.165) is 13.1 Å². The molecule has 0 spiro atoms. The Morgan fingerprint density at radius 2 is 1.95 bits per heavy atom. The van der Waals surface area contributed by atoms with E-state index in [1.165, 1.54) is 24.3 Å². The first-order valence-corrected chi connectivity index (χ1v) is 7.94. The van der Waals surface area contributed by atoms with Crippen LogP contribution >= 0.6 is 0 Å². The van der Waals surface area contributed by atoms with Crippen LogP contribution in [0, 0.1) is 11.7 Å². The van der Waals surface area contributed by atoms with Crippen molar-refractivity contribution in [3.05, 3.63) is 35.6 Å². The zero-order valence-electron chi connectivity index (χ0n) is 11.1. The second-order valence-electron chi connectivity index (χ2n) is 5.31. The SMILES string of the molecule is CC1CN(C)CC1NS(=O)(=O)Cc1ccc(F)cc1. The highest BCUT2D eigenvalue weighted by Gasteiger charge is 2.30. The van der Waals surface area contributed by atoms with E-state index in [1.807, 2.05) is 14.0 Å². The molecule has 0 aliphatic carbocycles. The van der Waals surface area contributed by atoms with Gasteiger partial charge in [-0.25, -0.2) is 17.5 Å². The third-order valence-electron chi connectivity index (χ3n) is 3.40. The molecular weight excluding hydrogens is 267 g/mol. The van der Waals surface area contributed by atoms with E-state index >= 15 is 0 Å². The third-order valence-corrected chi connectivity index (χ3v) is 4.77. The van der Waals surface area contributed by atoms with Crippen LogP contribution in [0.3, 0.4) is 0 Å². The summed E-state index contributed by atoms with van der Waals surface area (Å²) < 4.78 is 39.6. The van der Waals surface area contributed by atoms with Gasteiger partial charge in [0.2, 0.25) is 10.0 Å². The summed E-state index contributed by atoms with van der Waals surface area (Å²) in [6.45, 7) is 3.65. The van der Waals surface area contributed by atoms with Crippen molar-refractivity contribution in [1.82, 2.24) is 9.62 Å².